The maximum Gasteiger partial charge on any atom is 1.00 e. The smallest absolute Gasteiger partial charge is 0.545 e. The number of aliphatic carboxylic acids is 2. The van der Waals surface area contributed by atoms with Crippen molar-refractivity contribution in [1.82, 2.24) is 0 Å². The van der Waals surface area contributed by atoms with Gasteiger partial charge in [-0.15, -0.1) is 0 Å². The van der Waals surface area contributed by atoms with Crippen molar-refractivity contribution in [1.29, 1.82) is 0 Å². The molecule has 6 nitrogen and oxygen atoms in total. The zero-order chi connectivity index (χ0) is 6.57. The summed E-state index contributed by atoms with van der Waals surface area (Å²) < 4.78 is 0. The fourth-order valence-corrected chi connectivity index (χ4v) is 0.136. The first kappa shape index (κ1) is 29.4. The molecule has 0 aromatic heterocycles. The van der Waals surface area contributed by atoms with Crippen LogP contribution in [0, 0.1) is 0 Å². The number of carbonyl (C=O) groups is 2. The molecule has 0 aromatic carbocycles. The van der Waals surface area contributed by atoms with Gasteiger partial charge in [-0.2, -0.15) is 0 Å². The molecule has 0 aliphatic heterocycles. The van der Waals surface area contributed by atoms with Crippen LogP contribution < -0.4 is 69.3 Å². The van der Waals surface area contributed by atoms with E-state index in [1.54, 1.807) is 0 Å². The first-order valence-electron chi connectivity index (χ1n) is 1.73. The van der Waals surface area contributed by atoms with Gasteiger partial charge >= 0.3 is 59.1 Å². The summed E-state index contributed by atoms with van der Waals surface area (Å²) in [5.41, 5.74) is 0. The Balaban J connectivity index is -0.0000000408. The molecule has 0 aliphatic rings. The molecular weight excluding hydrogens is 190 g/mol. The molecule has 0 saturated carbocycles. The van der Waals surface area contributed by atoms with Crippen molar-refractivity contribution in [2.24, 2.45) is 0 Å². The summed E-state index contributed by atoms with van der Waals surface area (Å²) in [6.07, 6.45) is 0.769. The SMILES string of the molecule is O.O.O=C([O-])/C=C\C(=O)[O-].[Na+].[Na+]. The molecule has 0 amide bonds. The quantitative estimate of drug-likeness (QED) is 0.319. The second-order valence-electron chi connectivity index (χ2n) is 0.971. The molecule has 0 rings (SSSR count). The minimum atomic E-state index is -1.55. The minimum absolute atomic E-state index is 0. The molecule has 60 valence electrons. The van der Waals surface area contributed by atoms with Crippen LogP contribution in [0.1, 0.15) is 0 Å². The number of carboxylic acid groups (broad SMARTS) is 2. The number of carboxylic acids is 2. The second-order valence-corrected chi connectivity index (χ2v) is 0.971. The number of rotatable bonds is 2. The zero-order valence-electron chi connectivity index (χ0n) is 6.79. The van der Waals surface area contributed by atoms with E-state index in [-0.39, 0.29) is 70.1 Å². The van der Waals surface area contributed by atoms with Gasteiger partial charge in [0, 0.05) is 0 Å². The largest absolute Gasteiger partial charge is 1.00 e. The summed E-state index contributed by atoms with van der Waals surface area (Å²) in [6.45, 7) is 0. The van der Waals surface area contributed by atoms with E-state index in [2.05, 4.69) is 0 Å². The van der Waals surface area contributed by atoms with Gasteiger partial charge in [-0.05, 0) is 12.2 Å². The molecule has 0 saturated heterocycles. The van der Waals surface area contributed by atoms with Gasteiger partial charge in [-0.3, -0.25) is 0 Å². The first-order chi connectivity index (χ1) is 3.63. The number of hydrogen-bond acceptors (Lipinski definition) is 4. The van der Waals surface area contributed by atoms with Crippen LogP contribution in [0.3, 0.4) is 0 Å². The average Bonchev–Trinajstić information content (AvgIpc) is 1.61. The zero-order valence-corrected chi connectivity index (χ0v) is 10.8. The van der Waals surface area contributed by atoms with E-state index in [0.717, 1.165) is 0 Å². The standard InChI is InChI=1S/C4H4O4.2Na.2H2O/c5-3(6)1-2-4(7)8;;;;/h1-2H,(H,5,6)(H,7,8);;;2*1H2/q;2*+1;;/p-2/b2-1-;;;;. The molecular formula is C4H6Na2O6. The molecule has 4 N–H and O–H groups in total. The Morgan fingerprint density at radius 1 is 0.833 bits per heavy atom. The van der Waals surface area contributed by atoms with E-state index >= 15 is 0 Å². The normalized spacial score (nSPS) is 6.33. The number of hydrogen-bond donors (Lipinski definition) is 0. The summed E-state index contributed by atoms with van der Waals surface area (Å²) >= 11 is 0. The Labute approximate surface area is 113 Å². The molecule has 12 heavy (non-hydrogen) atoms. The van der Waals surface area contributed by atoms with E-state index in [1.165, 1.54) is 0 Å². The van der Waals surface area contributed by atoms with Crippen molar-refractivity contribution in [3.05, 3.63) is 12.2 Å². The van der Waals surface area contributed by atoms with Crippen molar-refractivity contribution in [3.63, 3.8) is 0 Å². The van der Waals surface area contributed by atoms with E-state index in [4.69, 9.17) is 0 Å². The van der Waals surface area contributed by atoms with Crippen LogP contribution in [0.15, 0.2) is 12.2 Å². The van der Waals surface area contributed by atoms with Crippen molar-refractivity contribution in [2.75, 3.05) is 0 Å². The minimum Gasteiger partial charge on any atom is -0.545 e. The molecule has 0 spiro atoms. The molecule has 8 heteroatoms. The van der Waals surface area contributed by atoms with Gasteiger partial charge in [-0.1, -0.05) is 0 Å². The van der Waals surface area contributed by atoms with Crippen LogP contribution in [0.5, 0.6) is 0 Å². The van der Waals surface area contributed by atoms with E-state index in [1.807, 2.05) is 0 Å². The average molecular weight is 196 g/mol. The Kier molecular flexibility index (Phi) is 43.1. The summed E-state index contributed by atoms with van der Waals surface area (Å²) in [6, 6.07) is 0. The maximum absolute atomic E-state index is 9.41. The van der Waals surface area contributed by atoms with Gasteiger partial charge in [0.2, 0.25) is 0 Å². The fourth-order valence-electron chi connectivity index (χ4n) is 0.136. The molecule has 0 unspecified atom stereocenters. The van der Waals surface area contributed by atoms with Crippen LogP contribution >= 0.6 is 0 Å². The Bertz CT molecular complexity index is 128. The van der Waals surface area contributed by atoms with Crippen LogP contribution in [-0.2, 0) is 9.59 Å². The monoisotopic (exact) mass is 196 g/mol. The van der Waals surface area contributed by atoms with Crippen LogP contribution in [0.2, 0.25) is 0 Å². The third-order valence-corrected chi connectivity index (χ3v) is 0.355. The molecule has 0 fully saturated rings. The van der Waals surface area contributed by atoms with Crippen LogP contribution in [-0.4, -0.2) is 22.9 Å². The Morgan fingerprint density at radius 2 is 1.00 bits per heavy atom. The van der Waals surface area contributed by atoms with Gasteiger partial charge in [0.05, 0.1) is 11.9 Å². The van der Waals surface area contributed by atoms with Crippen molar-refractivity contribution in [3.8, 4) is 0 Å². The maximum atomic E-state index is 9.41. The molecule has 0 radical (unpaired) electrons. The molecule has 0 aromatic rings. The topological polar surface area (TPSA) is 143 Å². The van der Waals surface area contributed by atoms with E-state index in [0.29, 0.717) is 12.2 Å². The summed E-state index contributed by atoms with van der Waals surface area (Å²) in [5.74, 6) is -3.09. The molecule has 0 bridgehead atoms. The molecule has 0 atom stereocenters. The molecule has 0 aliphatic carbocycles. The summed E-state index contributed by atoms with van der Waals surface area (Å²) in [5, 5.41) is 18.8. The predicted molar refractivity (Wildman–Crippen MR) is 26.4 cm³/mol. The summed E-state index contributed by atoms with van der Waals surface area (Å²) in [7, 11) is 0. The van der Waals surface area contributed by atoms with Gasteiger partial charge in [0.15, 0.2) is 0 Å². The van der Waals surface area contributed by atoms with Crippen LogP contribution in [0.4, 0.5) is 0 Å². The van der Waals surface area contributed by atoms with Gasteiger partial charge in [-0.25, -0.2) is 0 Å². The third kappa shape index (κ3) is 31.2. The van der Waals surface area contributed by atoms with E-state index in [9.17, 15) is 19.8 Å². The predicted octanol–water partition coefficient (Wildman–Crippen LogP) is -10.6. The van der Waals surface area contributed by atoms with Crippen molar-refractivity contribution < 1.29 is 89.9 Å². The summed E-state index contributed by atoms with van der Waals surface area (Å²) in [4.78, 5) is 18.8. The van der Waals surface area contributed by atoms with Gasteiger partial charge in [0.25, 0.3) is 0 Å². The van der Waals surface area contributed by atoms with Crippen molar-refractivity contribution in [2.45, 2.75) is 0 Å². The first-order valence-corrected chi connectivity index (χ1v) is 1.73. The van der Waals surface area contributed by atoms with Crippen LogP contribution in [0.25, 0.3) is 0 Å². The third-order valence-electron chi connectivity index (χ3n) is 0.355. The van der Waals surface area contributed by atoms with Gasteiger partial charge in [0.1, 0.15) is 0 Å². The van der Waals surface area contributed by atoms with E-state index < -0.39 is 11.9 Å². The Morgan fingerprint density at radius 3 is 1.08 bits per heavy atom. The van der Waals surface area contributed by atoms with Gasteiger partial charge < -0.3 is 30.8 Å². The van der Waals surface area contributed by atoms with Crippen molar-refractivity contribution >= 4 is 11.9 Å². The Hall–Kier alpha value is 0.600. The number of carbonyl (C=O) groups excluding carboxylic acids is 2. The molecule has 0 heterocycles. The second kappa shape index (κ2) is 17.6. The fraction of sp³-hybridized carbons (Fsp3) is 0.